The van der Waals surface area contributed by atoms with Crippen molar-refractivity contribution in [2.24, 2.45) is 5.14 Å². The van der Waals surface area contributed by atoms with Crippen LogP contribution in [-0.2, 0) is 22.9 Å². The molecule has 6 heteroatoms. The van der Waals surface area contributed by atoms with Crippen molar-refractivity contribution >= 4 is 32.3 Å². The van der Waals surface area contributed by atoms with Crippen LogP contribution in [-0.4, -0.2) is 13.4 Å². The van der Waals surface area contributed by atoms with Crippen molar-refractivity contribution in [3.8, 4) is 0 Å². The molecule has 1 heterocycles. The Hall–Kier alpha value is -2.44. The van der Waals surface area contributed by atoms with Crippen LogP contribution < -0.4 is 10.5 Å². The maximum Gasteiger partial charge on any atom is 0.238 e. The number of sulfonamides is 1. The monoisotopic (exact) mass is 353 g/mol. The van der Waals surface area contributed by atoms with E-state index >= 15 is 0 Å². The number of pyridine rings is 1. The summed E-state index contributed by atoms with van der Waals surface area (Å²) in [6, 6.07) is 14.6. The lowest BCUT2D eigenvalue weighted by molar-refractivity contribution is 0.598. The fourth-order valence-electron chi connectivity index (χ4n) is 3.39. The Bertz CT molecular complexity index is 1040. The Morgan fingerprint density at radius 2 is 1.68 bits per heavy atom. The number of anilines is 2. The average molecular weight is 353 g/mol. The second-order valence-electron chi connectivity index (χ2n) is 6.33. The van der Waals surface area contributed by atoms with Gasteiger partial charge in [0.25, 0.3) is 0 Å². The summed E-state index contributed by atoms with van der Waals surface area (Å²) in [5.74, 6) is 0. The smallest absolute Gasteiger partial charge is 0.238 e. The molecule has 0 spiro atoms. The van der Waals surface area contributed by atoms with Crippen molar-refractivity contribution in [1.29, 1.82) is 0 Å². The lowest BCUT2D eigenvalue weighted by Gasteiger charge is -2.21. The van der Waals surface area contributed by atoms with Gasteiger partial charge in [-0.3, -0.25) is 4.98 Å². The fourth-order valence-corrected chi connectivity index (χ4v) is 3.90. The third-order valence-electron chi connectivity index (χ3n) is 4.62. The van der Waals surface area contributed by atoms with E-state index in [0.717, 1.165) is 47.2 Å². The van der Waals surface area contributed by atoms with Crippen LogP contribution in [0.25, 0.3) is 10.9 Å². The molecule has 2 aromatic carbocycles. The number of nitrogens with two attached hydrogens (primary N) is 1. The van der Waals surface area contributed by atoms with E-state index in [1.165, 1.54) is 24.1 Å². The molecule has 3 N–H and O–H groups in total. The van der Waals surface area contributed by atoms with Gasteiger partial charge in [-0.25, -0.2) is 13.6 Å². The predicted octanol–water partition coefficient (Wildman–Crippen LogP) is 3.50. The van der Waals surface area contributed by atoms with E-state index in [2.05, 4.69) is 11.4 Å². The first-order valence-electron chi connectivity index (χ1n) is 8.33. The molecule has 3 aromatic rings. The van der Waals surface area contributed by atoms with Gasteiger partial charge in [-0.1, -0.05) is 18.2 Å². The molecule has 1 aliphatic rings. The quantitative estimate of drug-likeness (QED) is 0.754. The minimum Gasteiger partial charge on any atom is -0.355 e. The minimum atomic E-state index is -3.68. The zero-order chi connectivity index (χ0) is 17.4. The van der Waals surface area contributed by atoms with E-state index in [4.69, 9.17) is 10.1 Å². The van der Waals surface area contributed by atoms with Gasteiger partial charge in [-0.2, -0.15) is 0 Å². The Balaban J connectivity index is 1.80. The lowest BCUT2D eigenvalue weighted by atomic mass is 9.92. The average Bonchev–Trinajstić information content (AvgIpc) is 2.61. The predicted molar refractivity (Wildman–Crippen MR) is 99.5 cm³/mol. The van der Waals surface area contributed by atoms with Gasteiger partial charge in [0.2, 0.25) is 10.0 Å². The van der Waals surface area contributed by atoms with Crippen LogP contribution in [0.1, 0.15) is 24.1 Å². The van der Waals surface area contributed by atoms with Crippen molar-refractivity contribution in [2.45, 2.75) is 30.6 Å². The Kier molecular flexibility index (Phi) is 3.94. The number of nitrogens with one attached hydrogen (secondary N) is 1. The van der Waals surface area contributed by atoms with Crippen LogP contribution in [0, 0.1) is 0 Å². The van der Waals surface area contributed by atoms with E-state index < -0.39 is 10.0 Å². The van der Waals surface area contributed by atoms with Crippen LogP contribution in [0.2, 0.25) is 0 Å². The SMILES string of the molecule is NS(=O)(=O)c1ccc(Nc2c3c(nc4ccccc24)CCCC3)cc1. The van der Waals surface area contributed by atoms with E-state index in [0.29, 0.717) is 0 Å². The standard InChI is InChI=1S/C19H19N3O2S/c20-25(23,24)14-11-9-13(10-12-14)21-19-15-5-1-3-7-17(15)22-18-8-4-2-6-16(18)19/h1,3,5,7,9-12H,2,4,6,8H2,(H,21,22)(H2,20,23,24). The second kappa shape index (κ2) is 6.13. The molecule has 25 heavy (non-hydrogen) atoms. The summed E-state index contributed by atoms with van der Waals surface area (Å²) in [5.41, 5.74) is 5.31. The molecule has 5 nitrogen and oxygen atoms in total. The summed E-state index contributed by atoms with van der Waals surface area (Å²) in [7, 11) is -3.68. The zero-order valence-corrected chi connectivity index (χ0v) is 14.5. The first kappa shape index (κ1) is 16.1. The first-order chi connectivity index (χ1) is 12.0. The van der Waals surface area contributed by atoms with Gasteiger partial charge in [-0.15, -0.1) is 0 Å². The molecule has 0 amide bonds. The first-order valence-corrected chi connectivity index (χ1v) is 9.87. The summed E-state index contributed by atoms with van der Waals surface area (Å²) in [6.07, 6.45) is 4.33. The van der Waals surface area contributed by atoms with Crippen molar-refractivity contribution in [3.63, 3.8) is 0 Å². The van der Waals surface area contributed by atoms with E-state index in [-0.39, 0.29) is 4.90 Å². The summed E-state index contributed by atoms with van der Waals surface area (Å²) in [6.45, 7) is 0. The summed E-state index contributed by atoms with van der Waals surface area (Å²) in [5, 5.41) is 9.73. The highest BCUT2D eigenvalue weighted by molar-refractivity contribution is 7.89. The van der Waals surface area contributed by atoms with Gasteiger partial charge in [-0.05, 0) is 61.6 Å². The molecule has 0 fully saturated rings. The van der Waals surface area contributed by atoms with Crippen LogP contribution in [0.5, 0.6) is 0 Å². The van der Waals surface area contributed by atoms with Crippen molar-refractivity contribution in [2.75, 3.05) is 5.32 Å². The van der Waals surface area contributed by atoms with Crippen molar-refractivity contribution in [1.82, 2.24) is 4.98 Å². The van der Waals surface area contributed by atoms with Crippen LogP contribution >= 0.6 is 0 Å². The molecule has 0 aliphatic heterocycles. The molecule has 0 saturated heterocycles. The number of benzene rings is 2. The van der Waals surface area contributed by atoms with Crippen LogP contribution in [0.4, 0.5) is 11.4 Å². The van der Waals surface area contributed by atoms with Crippen LogP contribution in [0.15, 0.2) is 53.4 Å². The van der Waals surface area contributed by atoms with Gasteiger partial charge in [0.1, 0.15) is 0 Å². The number of aryl methyl sites for hydroxylation is 1. The molecular formula is C19H19N3O2S. The molecule has 0 unspecified atom stereocenters. The third-order valence-corrected chi connectivity index (χ3v) is 5.55. The highest BCUT2D eigenvalue weighted by Crippen LogP contribution is 2.35. The highest BCUT2D eigenvalue weighted by atomic mass is 32.2. The minimum absolute atomic E-state index is 0.111. The largest absolute Gasteiger partial charge is 0.355 e. The number of primary sulfonamides is 1. The van der Waals surface area contributed by atoms with Gasteiger partial charge in [0.15, 0.2) is 0 Å². The Labute approximate surface area is 146 Å². The summed E-state index contributed by atoms with van der Waals surface area (Å²) >= 11 is 0. The highest BCUT2D eigenvalue weighted by Gasteiger charge is 2.18. The fraction of sp³-hybridized carbons (Fsp3) is 0.211. The summed E-state index contributed by atoms with van der Waals surface area (Å²) in [4.78, 5) is 4.94. The van der Waals surface area contributed by atoms with Crippen molar-refractivity contribution < 1.29 is 8.42 Å². The molecule has 128 valence electrons. The van der Waals surface area contributed by atoms with Crippen LogP contribution in [0.3, 0.4) is 0 Å². The number of hydrogen-bond donors (Lipinski definition) is 2. The molecule has 1 aliphatic carbocycles. The van der Waals surface area contributed by atoms with Gasteiger partial charge in [0, 0.05) is 16.8 Å². The van der Waals surface area contributed by atoms with Crippen molar-refractivity contribution in [3.05, 3.63) is 59.8 Å². The number of aromatic nitrogens is 1. The summed E-state index contributed by atoms with van der Waals surface area (Å²) < 4.78 is 22.8. The van der Waals surface area contributed by atoms with E-state index in [9.17, 15) is 8.42 Å². The molecule has 0 saturated carbocycles. The number of fused-ring (bicyclic) bond motifs is 2. The maximum absolute atomic E-state index is 11.4. The molecule has 0 bridgehead atoms. The van der Waals surface area contributed by atoms with E-state index in [1.54, 1.807) is 12.1 Å². The maximum atomic E-state index is 11.4. The molecule has 0 atom stereocenters. The molecular weight excluding hydrogens is 334 g/mol. The number of rotatable bonds is 3. The molecule has 1 aromatic heterocycles. The zero-order valence-electron chi connectivity index (χ0n) is 13.7. The second-order valence-corrected chi connectivity index (χ2v) is 7.89. The Morgan fingerprint density at radius 3 is 2.44 bits per heavy atom. The number of hydrogen-bond acceptors (Lipinski definition) is 4. The number of para-hydroxylation sites is 1. The van der Waals surface area contributed by atoms with Gasteiger partial charge < -0.3 is 5.32 Å². The topological polar surface area (TPSA) is 85.1 Å². The third kappa shape index (κ3) is 3.10. The number of nitrogens with zero attached hydrogens (tertiary/aromatic N) is 1. The normalized spacial score (nSPS) is 14.3. The molecule has 4 rings (SSSR count). The van der Waals surface area contributed by atoms with Gasteiger partial charge >= 0.3 is 0 Å². The Morgan fingerprint density at radius 1 is 0.960 bits per heavy atom. The van der Waals surface area contributed by atoms with E-state index in [1.807, 2.05) is 18.2 Å². The van der Waals surface area contributed by atoms with Gasteiger partial charge in [0.05, 0.1) is 16.1 Å². The lowest BCUT2D eigenvalue weighted by Crippen LogP contribution is -2.12. The molecule has 0 radical (unpaired) electrons.